The average Bonchev–Trinajstić information content (AvgIpc) is 3.08. The van der Waals surface area contributed by atoms with Crippen LogP contribution in [0.25, 0.3) is 11.3 Å². The van der Waals surface area contributed by atoms with Crippen LogP contribution in [0.1, 0.15) is 18.9 Å². The van der Waals surface area contributed by atoms with Gasteiger partial charge in [0.1, 0.15) is 0 Å². The Balaban J connectivity index is 1.75. The topological polar surface area (TPSA) is 70.8 Å². The molecule has 0 spiro atoms. The summed E-state index contributed by atoms with van der Waals surface area (Å²) < 4.78 is 0. The lowest BCUT2D eigenvalue weighted by molar-refractivity contribution is 0.275. The lowest BCUT2D eigenvalue weighted by Gasteiger charge is -2.22. The van der Waals surface area contributed by atoms with Gasteiger partial charge in [0.15, 0.2) is 0 Å². The largest absolute Gasteiger partial charge is 0.330 e. The van der Waals surface area contributed by atoms with Gasteiger partial charge in [-0.1, -0.05) is 6.92 Å². The molecule has 2 aromatic heterocycles. The highest BCUT2D eigenvalue weighted by molar-refractivity contribution is 5.61. The van der Waals surface area contributed by atoms with Gasteiger partial charge >= 0.3 is 0 Å². The van der Waals surface area contributed by atoms with Crippen LogP contribution in [0, 0.1) is 5.41 Å². The molecule has 1 unspecified atom stereocenters. The number of nitrogens with two attached hydrogens (primary N) is 1. The lowest BCUT2D eigenvalue weighted by atomic mass is 9.90. The van der Waals surface area contributed by atoms with E-state index in [-0.39, 0.29) is 5.41 Å². The number of nitrogens with zero attached hydrogens (tertiary/aromatic N) is 3. The molecule has 1 aliphatic heterocycles. The van der Waals surface area contributed by atoms with Crippen molar-refractivity contribution in [3.05, 3.63) is 36.3 Å². The molecule has 5 heteroatoms. The van der Waals surface area contributed by atoms with Crippen molar-refractivity contribution in [3.8, 4) is 11.3 Å². The van der Waals surface area contributed by atoms with E-state index >= 15 is 0 Å². The minimum atomic E-state index is 0.262. The Bertz CT molecular complexity index is 565. The van der Waals surface area contributed by atoms with Crippen LogP contribution < -0.4 is 5.73 Å². The van der Waals surface area contributed by atoms with E-state index in [1.54, 1.807) is 6.20 Å². The van der Waals surface area contributed by atoms with Gasteiger partial charge in [0.2, 0.25) is 0 Å². The molecule has 0 saturated carbocycles. The molecule has 2 aromatic rings. The highest BCUT2D eigenvalue weighted by atomic mass is 15.2. The fourth-order valence-corrected chi connectivity index (χ4v) is 2.86. The molecule has 20 heavy (non-hydrogen) atoms. The van der Waals surface area contributed by atoms with Crippen molar-refractivity contribution in [2.24, 2.45) is 11.1 Å². The number of H-pyrrole nitrogens is 1. The maximum absolute atomic E-state index is 5.87. The number of aromatic nitrogens is 3. The first-order chi connectivity index (χ1) is 9.70. The van der Waals surface area contributed by atoms with Crippen molar-refractivity contribution < 1.29 is 0 Å². The molecule has 106 valence electrons. The van der Waals surface area contributed by atoms with Crippen LogP contribution in [0.2, 0.25) is 0 Å². The van der Waals surface area contributed by atoms with Crippen molar-refractivity contribution >= 4 is 0 Å². The van der Waals surface area contributed by atoms with Crippen molar-refractivity contribution in [2.75, 3.05) is 19.6 Å². The molecule has 0 aliphatic carbocycles. The summed E-state index contributed by atoms with van der Waals surface area (Å²) in [6.45, 7) is 6.09. The van der Waals surface area contributed by atoms with Gasteiger partial charge in [-0.25, -0.2) is 0 Å². The minimum absolute atomic E-state index is 0.262. The van der Waals surface area contributed by atoms with Crippen LogP contribution in [0.15, 0.2) is 30.7 Å². The lowest BCUT2D eigenvalue weighted by Crippen LogP contribution is -2.31. The summed E-state index contributed by atoms with van der Waals surface area (Å²) in [6, 6.07) is 4.00. The number of hydrogen-bond donors (Lipinski definition) is 2. The molecule has 3 heterocycles. The van der Waals surface area contributed by atoms with Crippen molar-refractivity contribution in [1.29, 1.82) is 0 Å². The minimum Gasteiger partial charge on any atom is -0.330 e. The summed E-state index contributed by atoms with van der Waals surface area (Å²) >= 11 is 0. The van der Waals surface area contributed by atoms with E-state index in [9.17, 15) is 0 Å². The monoisotopic (exact) mass is 271 g/mol. The summed E-state index contributed by atoms with van der Waals surface area (Å²) in [5.41, 5.74) is 9.51. The molecule has 0 aromatic carbocycles. The summed E-state index contributed by atoms with van der Waals surface area (Å²) in [7, 11) is 0. The van der Waals surface area contributed by atoms with Crippen LogP contribution in [-0.4, -0.2) is 39.7 Å². The maximum atomic E-state index is 5.87. The summed E-state index contributed by atoms with van der Waals surface area (Å²) in [5.74, 6) is 0. The third-order valence-corrected chi connectivity index (χ3v) is 4.19. The second kappa shape index (κ2) is 5.34. The Morgan fingerprint density at radius 2 is 2.35 bits per heavy atom. The van der Waals surface area contributed by atoms with E-state index in [0.29, 0.717) is 0 Å². The smallest absolute Gasteiger partial charge is 0.0710 e. The molecule has 0 amide bonds. The third kappa shape index (κ3) is 2.59. The van der Waals surface area contributed by atoms with Gasteiger partial charge in [-0.05, 0) is 37.1 Å². The van der Waals surface area contributed by atoms with E-state index in [2.05, 4.69) is 33.1 Å². The summed E-state index contributed by atoms with van der Waals surface area (Å²) in [6.07, 6.45) is 6.74. The van der Waals surface area contributed by atoms with Crippen molar-refractivity contribution in [3.63, 3.8) is 0 Å². The van der Waals surface area contributed by atoms with Gasteiger partial charge in [-0.15, -0.1) is 0 Å². The average molecular weight is 271 g/mol. The van der Waals surface area contributed by atoms with Crippen LogP contribution in [0.5, 0.6) is 0 Å². The van der Waals surface area contributed by atoms with E-state index in [1.165, 1.54) is 12.0 Å². The van der Waals surface area contributed by atoms with E-state index in [1.807, 2.05) is 18.5 Å². The normalized spacial score (nSPS) is 23.3. The first kappa shape index (κ1) is 13.3. The summed E-state index contributed by atoms with van der Waals surface area (Å²) in [5, 5.41) is 7.28. The zero-order valence-corrected chi connectivity index (χ0v) is 11.8. The van der Waals surface area contributed by atoms with Crippen molar-refractivity contribution in [1.82, 2.24) is 20.1 Å². The maximum Gasteiger partial charge on any atom is 0.0710 e. The van der Waals surface area contributed by atoms with Gasteiger partial charge < -0.3 is 5.73 Å². The van der Waals surface area contributed by atoms with Crippen LogP contribution in [0.4, 0.5) is 0 Å². The van der Waals surface area contributed by atoms with E-state index in [4.69, 9.17) is 5.73 Å². The number of likely N-dealkylation sites (tertiary alicyclic amines) is 1. The number of pyridine rings is 1. The zero-order valence-electron chi connectivity index (χ0n) is 11.8. The van der Waals surface area contributed by atoms with E-state index < -0.39 is 0 Å². The van der Waals surface area contributed by atoms with Gasteiger partial charge in [0, 0.05) is 36.6 Å². The molecule has 1 atom stereocenters. The number of nitrogens with one attached hydrogen (secondary N) is 1. The van der Waals surface area contributed by atoms with Crippen LogP contribution >= 0.6 is 0 Å². The second-order valence-electron chi connectivity index (χ2n) is 5.99. The SMILES string of the molecule is CC1(CN)CCN(Cc2cn[nH]c2-c2cccnc2)C1. The molecule has 3 N–H and O–H groups in total. The number of hydrogen-bond acceptors (Lipinski definition) is 4. The third-order valence-electron chi connectivity index (χ3n) is 4.19. The molecule has 3 rings (SSSR count). The van der Waals surface area contributed by atoms with Crippen molar-refractivity contribution in [2.45, 2.75) is 19.9 Å². The molecule has 1 fully saturated rings. The Kier molecular flexibility index (Phi) is 3.54. The quantitative estimate of drug-likeness (QED) is 0.887. The highest BCUT2D eigenvalue weighted by Crippen LogP contribution is 2.30. The standard InChI is InChI=1S/C15H21N5/c1-15(10-16)4-6-20(11-15)9-13-8-18-19-14(13)12-3-2-5-17-7-12/h2-3,5,7-8H,4,6,9-11,16H2,1H3,(H,18,19). The fraction of sp³-hybridized carbons (Fsp3) is 0.467. The zero-order chi connectivity index (χ0) is 14.0. The van der Waals surface area contributed by atoms with Gasteiger partial charge in [-0.3, -0.25) is 15.0 Å². The molecule has 0 radical (unpaired) electrons. The van der Waals surface area contributed by atoms with Crippen LogP contribution in [-0.2, 0) is 6.54 Å². The van der Waals surface area contributed by atoms with Gasteiger partial charge in [0.05, 0.1) is 11.9 Å². The molecule has 5 nitrogen and oxygen atoms in total. The number of aromatic amines is 1. The molecular formula is C15H21N5. The Morgan fingerprint density at radius 1 is 1.45 bits per heavy atom. The molecule has 0 bridgehead atoms. The van der Waals surface area contributed by atoms with Gasteiger partial charge in [0.25, 0.3) is 0 Å². The van der Waals surface area contributed by atoms with E-state index in [0.717, 1.165) is 37.4 Å². The first-order valence-electron chi connectivity index (χ1n) is 7.05. The Hall–Kier alpha value is -1.72. The highest BCUT2D eigenvalue weighted by Gasteiger charge is 2.32. The number of rotatable bonds is 4. The first-order valence-corrected chi connectivity index (χ1v) is 7.05. The predicted octanol–water partition coefficient (Wildman–Crippen LogP) is 1.64. The molecule has 1 saturated heterocycles. The molecule has 1 aliphatic rings. The predicted molar refractivity (Wildman–Crippen MR) is 78.9 cm³/mol. The Labute approximate surface area is 119 Å². The second-order valence-corrected chi connectivity index (χ2v) is 5.99. The van der Waals surface area contributed by atoms with Gasteiger partial charge in [-0.2, -0.15) is 5.10 Å². The molecular weight excluding hydrogens is 250 g/mol. The Morgan fingerprint density at radius 3 is 3.05 bits per heavy atom. The fourth-order valence-electron chi connectivity index (χ4n) is 2.86. The van der Waals surface area contributed by atoms with Crippen LogP contribution in [0.3, 0.4) is 0 Å². The summed E-state index contributed by atoms with van der Waals surface area (Å²) in [4.78, 5) is 6.63.